The molecule has 0 bridgehead atoms. The minimum Gasteiger partial charge on any atom is -0.312 e. The minimum atomic E-state index is -3.65. The molecule has 1 heterocycles. The van der Waals surface area contributed by atoms with Gasteiger partial charge in [0.1, 0.15) is 0 Å². The normalized spacial score (nSPS) is 14.2. The Labute approximate surface area is 162 Å². The first-order chi connectivity index (χ1) is 12.4. The maximum absolute atomic E-state index is 12.5. The lowest BCUT2D eigenvalue weighted by molar-refractivity contribution is -0.118. The van der Waals surface area contributed by atoms with Crippen LogP contribution in [0.4, 0.5) is 11.4 Å². The van der Waals surface area contributed by atoms with Gasteiger partial charge in [-0.2, -0.15) is 0 Å². The number of unbranched alkanes of at least 4 members (excludes halogenated alkanes) is 1. The first kappa shape index (κ1) is 18.9. The third-order valence-electron chi connectivity index (χ3n) is 4.39. The van der Waals surface area contributed by atoms with E-state index >= 15 is 0 Å². The Bertz CT molecular complexity index is 911. The van der Waals surface area contributed by atoms with Crippen LogP contribution in [0.15, 0.2) is 51.8 Å². The number of carbonyl (C=O) groups excluding carboxylic acids is 1. The third kappa shape index (κ3) is 4.10. The molecule has 0 spiro atoms. The van der Waals surface area contributed by atoms with Crippen molar-refractivity contribution in [1.82, 2.24) is 0 Å². The van der Waals surface area contributed by atoms with E-state index in [4.69, 9.17) is 0 Å². The number of hydrogen-bond donors (Lipinski definition) is 1. The molecule has 2 aromatic rings. The van der Waals surface area contributed by atoms with E-state index in [0.29, 0.717) is 25.1 Å². The van der Waals surface area contributed by atoms with Crippen LogP contribution in [0, 0.1) is 0 Å². The van der Waals surface area contributed by atoms with E-state index in [2.05, 4.69) is 27.6 Å². The van der Waals surface area contributed by atoms with Crippen molar-refractivity contribution in [3.05, 3.63) is 52.5 Å². The Morgan fingerprint density at radius 2 is 1.85 bits per heavy atom. The molecule has 26 heavy (non-hydrogen) atoms. The number of nitrogens with zero attached hydrogens (tertiary/aromatic N) is 1. The molecule has 5 nitrogen and oxygen atoms in total. The average Bonchev–Trinajstić information content (AvgIpc) is 2.61. The van der Waals surface area contributed by atoms with Crippen LogP contribution in [0.25, 0.3) is 0 Å². The van der Waals surface area contributed by atoms with Gasteiger partial charge in [0, 0.05) is 28.8 Å². The van der Waals surface area contributed by atoms with Gasteiger partial charge in [0.2, 0.25) is 5.91 Å². The highest BCUT2D eigenvalue weighted by atomic mass is 79.9. The zero-order chi connectivity index (χ0) is 18.7. The Morgan fingerprint density at radius 1 is 1.12 bits per heavy atom. The van der Waals surface area contributed by atoms with E-state index in [1.807, 2.05) is 17.0 Å². The van der Waals surface area contributed by atoms with Crippen LogP contribution in [0.5, 0.6) is 0 Å². The SMILES string of the molecule is CCCCN1C(=O)CCc2cc(NS(=O)(=O)c3ccc(Br)cc3)ccc21. The molecule has 0 aliphatic carbocycles. The molecular weight excluding hydrogens is 416 g/mol. The molecule has 3 rings (SSSR count). The van der Waals surface area contributed by atoms with Crippen molar-refractivity contribution in [3.8, 4) is 0 Å². The number of nitrogens with one attached hydrogen (secondary N) is 1. The Hall–Kier alpha value is -1.86. The number of anilines is 2. The van der Waals surface area contributed by atoms with Gasteiger partial charge in [0.25, 0.3) is 10.0 Å². The van der Waals surface area contributed by atoms with Crippen molar-refractivity contribution in [2.75, 3.05) is 16.2 Å². The van der Waals surface area contributed by atoms with E-state index in [1.165, 1.54) is 0 Å². The highest BCUT2D eigenvalue weighted by molar-refractivity contribution is 9.10. The Balaban J connectivity index is 1.85. The molecule has 2 aromatic carbocycles. The van der Waals surface area contributed by atoms with Crippen molar-refractivity contribution in [2.24, 2.45) is 0 Å². The fourth-order valence-corrected chi connectivity index (χ4v) is 4.33. The summed E-state index contributed by atoms with van der Waals surface area (Å²) in [6.45, 7) is 2.79. The molecule has 1 amide bonds. The topological polar surface area (TPSA) is 66.5 Å². The number of sulfonamides is 1. The highest BCUT2D eigenvalue weighted by Crippen LogP contribution is 2.31. The van der Waals surface area contributed by atoms with Gasteiger partial charge in [-0.3, -0.25) is 9.52 Å². The van der Waals surface area contributed by atoms with Gasteiger partial charge in [-0.05, 0) is 60.9 Å². The van der Waals surface area contributed by atoms with E-state index < -0.39 is 10.0 Å². The lowest BCUT2D eigenvalue weighted by Gasteiger charge is -2.29. The van der Waals surface area contributed by atoms with Gasteiger partial charge in [-0.25, -0.2) is 8.42 Å². The van der Waals surface area contributed by atoms with Crippen LogP contribution >= 0.6 is 15.9 Å². The number of amides is 1. The van der Waals surface area contributed by atoms with Crippen molar-refractivity contribution >= 4 is 43.2 Å². The van der Waals surface area contributed by atoms with Crippen LogP contribution in [-0.2, 0) is 21.2 Å². The van der Waals surface area contributed by atoms with Gasteiger partial charge in [-0.15, -0.1) is 0 Å². The van der Waals surface area contributed by atoms with Crippen molar-refractivity contribution in [1.29, 1.82) is 0 Å². The van der Waals surface area contributed by atoms with Gasteiger partial charge in [-0.1, -0.05) is 29.3 Å². The quantitative estimate of drug-likeness (QED) is 0.732. The molecule has 0 saturated heterocycles. The van der Waals surface area contributed by atoms with Crippen LogP contribution in [-0.4, -0.2) is 20.9 Å². The zero-order valence-corrected chi connectivity index (χ0v) is 16.9. The molecule has 1 aliphatic heterocycles. The van der Waals surface area contributed by atoms with E-state index in [-0.39, 0.29) is 10.8 Å². The highest BCUT2D eigenvalue weighted by Gasteiger charge is 2.24. The van der Waals surface area contributed by atoms with Gasteiger partial charge in [0.15, 0.2) is 0 Å². The van der Waals surface area contributed by atoms with Gasteiger partial charge < -0.3 is 4.90 Å². The maximum Gasteiger partial charge on any atom is 0.261 e. The number of benzene rings is 2. The molecule has 0 saturated carbocycles. The summed E-state index contributed by atoms with van der Waals surface area (Å²) >= 11 is 3.30. The second kappa shape index (κ2) is 7.80. The summed E-state index contributed by atoms with van der Waals surface area (Å²) in [4.78, 5) is 14.2. The van der Waals surface area contributed by atoms with Crippen LogP contribution in [0.3, 0.4) is 0 Å². The second-order valence-electron chi connectivity index (χ2n) is 6.30. The molecule has 0 fully saturated rings. The number of aryl methyl sites for hydroxylation is 1. The summed E-state index contributed by atoms with van der Waals surface area (Å²) in [7, 11) is -3.65. The first-order valence-electron chi connectivity index (χ1n) is 8.62. The summed E-state index contributed by atoms with van der Waals surface area (Å²) in [6, 6.07) is 11.9. The molecule has 0 aromatic heterocycles. The Kier molecular flexibility index (Phi) is 5.67. The molecule has 138 valence electrons. The van der Waals surface area contributed by atoms with Gasteiger partial charge in [0.05, 0.1) is 4.90 Å². The largest absolute Gasteiger partial charge is 0.312 e. The van der Waals surface area contributed by atoms with Crippen LogP contribution in [0.2, 0.25) is 0 Å². The number of halogens is 1. The maximum atomic E-state index is 12.5. The monoisotopic (exact) mass is 436 g/mol. The number of rotatable bonds is 6. The summed E-state index contributed by atoms with van der Waals surface area (Å²) in [6.07, 6.45) is 3.05. The molecule has 7 heteroatoms. The average molecular weight is 437 g/mol. The van der Waals surface area contributed by atoms with Crippen molar-refractivity contribution in [2.45, 2.75) is 37.5 Å². The van der Waals surface area contributed by atoms with Gasteiger partial charge >= 0.3 is 0 Å². The van der Waals surface area contributed by atoms with Crippen LogP contribution < -0.4 is 9.62 Å². The third-order valence-corrected chi connectivity index (χ3v) is 6.32. The summed E-state index contributed by atoms with van der Waals surface area (Å²) in [5.41, 5.74) is 2.40. The lowest BCUT2D eigenvalue weighted by atomic mass is 10.00. The van der Waals surface area contributed by atoms with E-state index in [1.54, 1.807) is 30.3 Å². The first-order valence-corrected chi connectivity index (χ1v) is 10.9. The van der Waals surface area contributed by atoms with Crippen molar-refractivity contribution < 1.29 is 13.2 Å². The van der Waals surface area contributed by atoms with Crippen LogP contribution in [0.1, 0.15) is 31.7 Å². The molecule has 0 radical (unpaired) electrons. The summed E-state index contributed by atoms with van der Waals surface area (Å²) < 4.78 is 28.5. The van der Waals surface area contributed by atoms with E-state index in [9.17, 15) is 13.2 Å². The summed E-state index contributed by atoms with van der Waals surface area (Å²) in [5, 5.41) is 0. The molecule has 1 N–H and O–H groups in total. The van der Waals surface area contributed by atoms with E-state index in [0.717, 1.165) is 28.6 Å². The van der Waals surface area contributed by atoms with Crippen molar-refractivity contribution in [3.63, 3.8) is 0 Å². The minimum absolute atomic E-state index is 0.133. The molecule has 1 aliphatic rings. The number of carbonyl (C=O) groups is 1. The fraction of sp³-hybridized carbons (Fsp3) is 0.316. The molecular formula is C19H21BrN2O3S. The number of fused-ring (bicyclic) bond motifs is 1. The fourth-order valence-electron chi connectivity index (χ4n) is 3.01. The predicted molar refractivity (Wildman–Crippen MR) is 107 cm³/mol. The molecule has 0 unspecified atom stereocenters. The number of hydrogen-bond acceptors (Lipinski definition) is 3. The summed E-state index contributed by atoms with van der Waals surface area (Å²) in [5.74, 6) is 0.133. The second-order valence-corrected chi connectivity index (χ2v) is 8.90. The smallest absolute Gasteiger partial charge is 0.261 e. The Morgan fingerprint density at radius 3 is 2.54 bits per heavy atom. The molecule has 0 atom stereocenters. The lowest BCUT2D eigenvalue weighted by Crippen LogP contribution is -2.35. The zero-order valence-electron chi connectivity index (χ0n) is 14.5. The predicted octanol–water partition coefficient (Wildman–Crippen LogP) is 4.33. The standard InChI is InChI=1S/C19H21BrN2O3S/c1-2-3-12-22-18-10-7-16(13-14(18)4-11-19(22)23)21-26(24,25)17-8-5-15(20)6-9-17/h5-10,13,21H,2-4,11-12H2,1H3.